The van der Waals surface area contributed by atoms with Crippen LogP contribution < -0.4 is 5.73 Å². The second-order valence-corrected chi connectivity index (χ2v) is 4.88. The van der Waals surface area contributed by atoms with E-state index in [0.717, 1.165) is 0 Å². The Kier molecular flexibility index (Phi) is 3.40. The van der Waals surface area contributed by atoms with Crippen LogP contribution in [0.15, 0.2) is 22.7 Å². The van der Waals surface area contributed by atoms with Crippen LogP contribution in [-0.2, 0) is 0 Å². The summed E-state index contributed by atoms with van der Waals surface area (Å²) in [6.07, 6.45) is -4.75. The summed E-state index contributed by atoms with van der Waals surface area (Å²) >= 11 is 3.10. The lowest BCUT2D eigenvalue weighted by atomic mass is 10.1. The van der Waals surface area contributed by atoms with Crippen LogP contribution in [0.25, 0.3) is 0 Å². The molecule has 1 unspecified atom stereocenters. The zero-order chi connectivity index (χ0) is 14.4. The van der Waals surface area contributed by atoms with E-state index in [-0.39, 0.29) is 16.0 Å². The molecule has 1 heterocycles. The van der Waals surface area contributed by atoms with Crippen molar-refractivity contribution in [2.45, 2.75) is 12.2 Å². The van der Waals surface area contributed by atoms with E-state index < -0.39 is 30.6 Å². The molecule has 0 saturated carbocycles. The number of benzene rings is 1. The van der Waals surface area contributed by atoms with E-state index >= 15 is 0 Å². The number of carbonyl (C=O) groups is 2. The maximum Gasteiger partial charge on any atom is 0.410 e. The number of halogens is 4. The molecule has 1 atom stereocenters. The first-order valence-electron chi connectivity index (χ1n) is 5.21. The summed E-state index contributed by atoms with van der Waals surface area (Å²) in [6.45, 7) is -0.865. The molecule has 8 heteroatoms. The summed E-state index contributed by atoms with van der Waals surface area (Å²) < 4.78 is 38.9. The zero-order valence-corrected chi connectivity index (χ0v) is 11.0. The van der Waals surface area contributed by atoms with Crippen LogP contribution in [0, 0.1) is 0 Å². The van der Waals surface area contributed by atoms with Gasteiger partial charge in [0.1, 0.15) is 6.04 Å². The number of hydrogen-bond acceptors (Lipinski definition) is 3. The van der Waals surface area contributed by atoms with Crippen LogP contribution in [0.2, 0.25) is 0 Å². The van der Waals surface area contributed by atoms with Crippen molar-refractivity contribution in [3.63, 3.8) is 0 Å². The lowest BCUT2D eigenvalue weighted by Gasteiger charge is -2.26. The number of hydrogen-bond donors (Lipinski definition) is 1. The van der Waals surface area contributed by atoms with Crippen molar-refractivity contribution >= 4 is 27.7 Å². The molecule has 1 aromatic rings. The summed E-state index contributed by atoms with van der Waals surface area (Å²) in [6, 6.07) is 1.81. The number of imide groups is 1. The van der Waals surface area contributed by atoms with E-state index in [9.17, 15) is 22.8 Å². The van der Waals surface area contributed by atoms with Crippen molar-refractivity contribution in [1.82, 2.24) is 4.90 Å². The Morgan fingerprint density at radius 3 is 2.32 bits per heavy atom. The predicted molar refractivity (Wildman–Crippen MR) is 63.5 cm³/mol. The van der Waals surface area contributed by atoms with Crippen LogP contribution in [-0.4, -0.2) is 35.5 Å². The largest absolute Gasteiger partial charge is 0.410 e. The van der Waals surface area contributed by atoms with Gasteiger partial charge >= 0.3 is 6.18 Å². The van der Waals surface area contributed by atoms with E-state index in [2.05, 4.69) is 15.9 Å². The van der Waals surface area contributed by atoms with Crippen LogP contribution in [0.1, 0.15) is 20.7 Å². The van der Waals surface area contributed by atoms with Crippen molar-refractivity contribution in [3.8, 4) is 0 Å². The highest BCUT2D eigenvalue weighted by Gasteiger charge is 2.50. The van der Waals surface area contributed by atoms with Crippen molar-refractivity contribution in [2.75, 3.05) is 6.54 Å². The number of rotatable bonds is 2. The summed E-state index contributed by atoms with van der Waals surface area (Å²) in [7, 11) is 0. The minimum atomic E-state index is -4.75. The van der Waals surface area contributed by atoms with Crippen LogP contribution in [0.3, 0.4) is 0 Å². The molecule has 0 radical (unpaired) electrons. The van der Waals surface area contributed by atoms with Crippen molar-refractivity contribution in [2.24, 2.45) is 5.73 Å². The number of nitrogens with zero attached hydrogens (tertiary/aromatic N) is 1. The fourth-order valence-corrected chi connectivity index (χ4v) is 2.26. The van der Waals surface area contributed by atoms with E-state index in [1.807, 2.05) is 0 Å². The van der Waals surface area contributed by atoms with E-state index in [1.165, 1.54) is 18.2 Å². The molecule has 1 aliphatic heterocycles. The molecular weight excluding hydrogens is 329 g/mol. The highest BCUT2D eigenvalue weighted by Crippen LogP contribution is 2.32. The van der Waals surface area contributed by atoms with E-state index in [0.29, 0.717) is 4.47 Å². The van der Waals surface area contributed by atoms with E-state index in [1.54, 1.807) is 0 Å². The Hall–Kier alpha value is -1.41. The molecule has 2 amide bonds. The van der Waals surface area contributed by atoms with Gasteiger partial charge in [0.25, 0.3) is 11.8 Å². The van der Waals surface area contributed by atoms with Gasteiger partial charge in [0.2, 0.25) is 0 Å². The molecule has 1 aromatic carbocycles. The molecule has 1 aliphatic rings. The Bertz CT molecular complexity index is 559. The quantitative estimate of drug-likeness (QED) is 0.839. The van der Waals surface area contributed by atoms with Crippen LogP contribution in [0.4, 0.5) is 13.2 Å². The first kappa shape index (κ1) is 14.0. The predicted octanol–water partition coefficient (Wildman–Crippen LogP) is 1.93. The van der Waals surface area contributed by atoms with Gasteiger partial charge in [-0.2, -0.15) is 13.2 Å². The first-order valence-corrected chi connectivity index (χ1v) is 6.01. The molecule has 2 rings (SSSR count). The summed E-state index contributed by atoms with van der Waals surface area (Å²) in [5.41, 5.74) is 4.95. The average Bonchev–Trinajstić information content (AvgIpc) is 2.53. The van der Waals surface area contributed by atoms with Gasteiger partial charge < -0.3 is 5.73 Å². The zero-order valence-electron chi connectivity index (χ0n) is 9.37. The molecule has 0 spiro atoms. The number of fused-ring (bicyclic) bond motifs is 1. The molecule has 19 heavy (non-hydrogen) atoms. The fourth-order valence-electron chi connectivity index (χ4n) is 1.90. The maximum atomic E-state index is 12.8. The van der Waals surface area contributed by atoms with Crippen LogP contribution >= 0.6 is 15.9 Å². The minimum Gasteiger partial charge on any atom is -0.328 e. The smallest absolute Gasteiger partial charge is 0.328 e. The van der Waals surface area contributed by atoms with Crippen molar-refractivity contribution in [3.05, 3.63) is 33.8 Å². The molecule has 0 aliphatic carbocycles. The highest BCUT2D eigenvalue weighted by molar-refractivity contribution is 9.10. The van der Waals surface area contributed by atoms with Gasteiger partial charge in [-0.3, -0.25) is 14.5 Å². The monoisotopic (exact) mass is 336 g/mol. The van der Waals surface area contributed by atoms with Gasteiger partial charge in [0, 0.05) is 11.0 Å². The molecular formula is C11H8BrF3N2O2. The summed E-state index contributed by atoms with van der Waals surface area (Å²) in [5, 5.41) is 0. The van der Waals surface area contributed by atoms with Crippen molar-refractivity contribution < 1.29 is 22.8 Å². The number of carbonyl (C=O) groups excluding carboxylic acids is 2. The number of nitrogens with two attached hydrogens (primary N) is 1. The minimum absolute atomic E-state index is 0.0455. The van der Waals surface area contributed by atoms with Gasteiger partial charge in [0.15, 0.2) is 0 Å². The third kappa shape index (κ3) is 2.25. The lowest BCUT2D eigenvalue weighted by molar-refractivity contribution is -0.167. The standard InChI is InChI=1S/C11H8BrF3N2O2/c12-5-1-2-6-7(3-5)10(19)17(9(6)18)8(4-16)11(13,14)15/h1-3,8H,4,16H2. The SMILES string of the molecule is NCC(N1C(=O)c2ccc(Br)cc2C1=O)C(F)(F)F. The topological polar surface area (TPSA) is 63.4 Å². The third-order valence-electron chi connectivity index (χ3n) is 2.79. The van der Waals surface area contributed by atoms with E-state index in [4.69, 9.17) is 5.73 Å². The van der Waals surface area contributed by atoms with Crippen LogP contribution in [0.5, 0.6) is 0 Å². The summed E-state index contributed by atoms with van der Waals surface area (Å²) in [5.74, 6) is -1.95. The summed E-state index contributed by atoms with van der Waals surface area (Å²) in [4.78, 5) is 24.0. The molecule has 0 saturated heterocycles. The second kappa shape index (κ2) is 4.61. The normalized spacial score (nSPS) is 16.8. The number of alkyl halides is 3. The highest BCUT2D eigenvalue weighted by atomic mass is 79.9. The lowest BCUT2D eigenvalue weighted by Crippen LogP contribution is -2.52. The Balaban J connectivity index is 2.48. The first-order chi connectivity index (χ1) is 8.77. The van der Waals surface area contributed by atoms with Gasteiger partial charge in [-0.25, -0.2) is 0 Å². The Morgan fingerprint density at radius 2 is 1.79 bits per heavy atom. The van der Waals surface area contributed by atoms with Crippen molar-refractivity contribution in [1.29, 1.82) is 0 Å². The Labute approximate surface area is 114 Å². The van der Waals surface area contributed by atoms with Gasteiger partial charge in [0.05, 0.1) is 11.1 Å². The molecule has 2 N–H and O–H groups in total. The van der Waals surface area contributed by atoms with Gasteiger partial charge in [-0.15, -0.1) is 0 Å². The maximum absolute atomic E-state index is 12.8. The fraction of sp³-hybridized carbons (Fsp3) is 0.273. The second-order valence-electron chi connectivity index (χ2n) is 3.96. The Morgan fingerprint density at radius 1 is 1.21 bits per heavy atom. The van der Waals surface area contributed by atoms with Gasteiger partial charge in [-0.05, 0) is 18.2 Å². The third-order valence-corrected chi connectivity index (χ3v) is 3.29. The molecule has 0 aromatic heterocycles. The molecule has 102 valence electrons. The molecule has 0 bridgehead atoms. The molecule has 4 nitrogen and oxygen atoms in total. The number of amides is 2. The molecule has 0 fully saturated rings. The average molecular weight is 337 g/mol. The van der Waals surface area contributed by atoms with Gasteiger partial charge in [-0.1, -0.05) is 15.9 Å².